The molecule has 1 fully saturated rings. The van der Waals surface area contributed by atoms with Crippen LogP contribution in [0.15, 0.2) is 36.5 Å². The van der Waals surface area contributed by atoms with Crippen LogP contribution >= 0.6 is 0 Å². The lowest BCUT2D eigenvalue weighted by atomic mass is 10.1. The van der Waals surface area contributed by atoms with Gasteiger partial charge in [0.25, 0.3) is 0 Å². The summed E-state index contributed by atoms with van der Waals surface area (Å²) in [5.74, 6) is -0.337. The average molecular weight is 268 g/mol. The van der Waals surface area contributed by atoms with Gasteiger partial charge in [-0.2, -0.15) is 5.10 Å². The van der Waals surface area contributed by atoms with Crippen LogP contribution in [0.4, 0.5) is 0 Å². The molecule has 0 amide bonds. The Bertz CT molecular complexity index is 682. The third-order valence-electron chi connectivity index (χ3n) is 3.44. The maximum absolute atomic E-state index is 10.7. The smallest absolute Gasteiger partial charge is 0.328 e. The molecule has 1 N–H and O–H groups in total. The summed E-state index contributed by atoms with van der Waals surface area (Å²) in [6.45, 7) is 1.99. The number of nitrogens with zero attached hydrogens (tertiary/aromatic N) is 2. The third-order valence-corrected chi connectivity index (χ3v) is 3.44. The van der Waals surface area contributed by atoms with Gasteiger partial charge in [-0.25, -0.2) is 9.48 Å². The standard InChI is InChI=1S/C16H16N2O2/c1-11-2-6-15(13(10-11)5-7-16(19)20)18-9-8-14(17-18)12-3-4-12/h2,5-10,12H,3-4H2,1H3,(H,19,20)/b7-5+. The Balaban J connectivity index is 2.00. The van der Waals surface area contributed by atoms with Crippen molar-refractivity contribution in [2.24, 2.45) is 0 Å². The van der Waals surface area contributed by atoms with Crippen molar-refractivity contribution in [3.8, 4) is 5.69 Å². The van der Waals surface area contributed by atoms with Crippen molar-refractivity contribution in [2.75, 3.05) is 0 Å². The van der Waals surface area contributed by atoms with Gasteiger partial charge in [0, 0.05) is 23.8 Å². The fraction of sp³-hybridized carbons (Fsp3) is 0.250. The number of aliphatic carboxylic acids is 1. The van der Waals surface area contributed by atoms with Gasteiger partial charge in [0.15, 0.2) is 0 Å². The molecule has 1 aromatic carbocycles. The molecule has 0 aliphatic heterocycles. The Morgan fingerprint density at radius 2 is 2.20 bits per heavy atom. The molecule has 3 rings (SSSR count). The van der Waals surface area contributed by atoms with Crippen molar-refractivity contribution >= 4 is 12.0 Å². The number of hydrogen-bond donors (Lipinski definition) is 1. The summed E-state index contributed by atoms with van der Waals surface area (Å²) in [7, 11) is 0. The molecule has 102 valence electrons. The van der Waals surface area contributed by atoms with Crippen molar-refractivity contribution in [2.45, 2.75) is 25.7 Å². The molecule has 1 aromatic heterocycles. The molecule has 4 nitrogen and oxygen atoms in total. The normalized spacial score (nSPS) is 14.8. The first-order valence-corrected chi connectivity index (χ1v) is 6.71. The number of rotatable bonds is 4. The summed E-state index contributed by atoms with van der Waals surface area (Å²) >= 11 is 0. The molecule has 0 bridgehead atoms. The Hall–Kier alpha value is -2.36. The van der Waals surface area contributed by atoms with Crippen molar-refractivity contribution in [1.29, 1.82) is 0 Å². The van der Waals surface area contributed by atoms with Crippen molar-refractivity contribution < 1.29 is 9.90 Å². The number of hydrogen-bond acceptors (Lipinski definition) is 2. The lowest BCUT2D eigenvalue weighted by Gasteiger charge is -2.07. The van der Waals surface area contributed by atoms with Gasteiger partial charge < -0.3 is 5.11 Å². The molecule has 20 heavy (non-hydrogen) atoms. The maximum atomic E-state index is 10.7. The SMILES string of the molecule is Cc1ccc(-n2ccc(C3CC3)n2)c(/C=C/C(=O)O)c1. The van der Waals surface area contributed by atoms with Crippen LogP contribution in [-0.2, 0) is 4.79 Å². The maximum Gasteiger partial charge on any atom is 0.328 e. The molecule has 1 saturated carbocycles. The van der Waals surface area contributed by atoms with Gasteiger partial charge in [-0.05, 0) is 44.0 Å². The second-order valence-electron chi connectivity index (χ2n) is 5.19. The first kappa shape index (κ1) is 12.7. The first-order valence-electron chi connectivity index (χ1n) is 6.71. The van der Waals surface area contributed by atoms with E-state index in [1.165, 1.54) is 12.8 Å². The Morgan fingerprint density at radius 1 is 1.40 bits per heavy atom. The van der Waals surface area contributed by atoms with E-state index in [0.29, 0.717) is 5.92 Å². The summed E-state index contributed by atoms with van der Waals surface area (Å²) in [4.78, 5) is 10.7. The highest BCUT2D eigenvalue weighted by Gasteiger charge is 2.26. The van der Waals surface area contributed by atoms with Gasteiger partial charge in [0.05, 0.1) is 11.4 Å². The number of carboxylic acid groups (broad SMARTS) is 1. The third kappa shape index (κ3) is 2.64. The van der Waals surface area contributed by atoms with E-state index in [0.717, 1.165) is 28.6 Å². The van der Waals surface area contributed by atoms with Gasteiger partial charge >= 0.3 is 5.97 Å². The first-order chi connectivity index (χ1) is 9.63. The molecule has 1 aliphatic carbocycles. The van der Waals surface area contributed by atoms with Crippen LogP contribution in [-0.4, -0.2) is 20.9 Å². The molecular weight excluding hydrogens is 252 g/mol. The number of aromatic nitrogens is 2. The van der Waals surface area contributed by atoms with E-state index in [4.69, 9.17) is 5.11 Å². The summed E-state index contributed by atoms with van der Waals surface area (Å²) < 4.78 is 1.83. The quantitative estimate of drug-likeness (QED) is 0.867. The number of carboxylic acids is 1. The highest BCUT2D eigenvalue weighted by Crippen LogP contribution is 2.39. The van der Waals surface area contributed by atoms with Crippen molar-refractivity contribution in [3.63, 3.8) is 0 Å². The van der Waals surface area contributed by atoms with Gasteiger partial charge in [0.1, 0.15) is 0 Å². The van der Waals surface area contributed by atoms with Gasteiger partial charge in [-0.1, -0.05) is 11.6 Å². The van der Waals surface area contributed by atoms with Crippen LogP contribution in [0.5, 0.6) is 0 Å². The minimum absolute atomic E-state index is 0.611. The highest BCUT2D eigenvalue weighted by atomic mass is 16.4. The summed E-state index contributed by atoms with van der Waals surface area (Å²) in [6, 6.07) is 7.99. The van der Waals surface area contributed by atoms with Crippen LogP contribution in [0.3, 0.4) is 0 Å². The van der Waals surface area contributed by atoms with Crippen LogP contribution in [0.25, 0.3) is 11.8 Å². The monoisotopic (exact) mass is 268 g/mol. The van der Waals surface area contributed by atoms with E-state index in [9.17, 15) is 4.79 Å². The lowest BCUT2D eigenvalue weighted by molar-refractivity contribution is -0.131. The van der Waals surface area contributed by atoms with Crippen LogP contribution in [0, 0.1) is 6.92 Å². The van der Waals surface area contributed by atoms with Crippen molar-refractivity contribution in [1.82, 2.24) is 9.78 Å². The zero-order chi connectivity index (χ0) is 14.1. The van der Waals surface area contributed by atoms with E-state index in [1.54, 1.807) is 6.08 Å². The fourth-order valence-corrected chi connectivity index (χ4v) is 2.25. The van der Waals surface area contributed by atoms with Gasteiger partial charge in [-0.3, -0.25) is 0 Å². The highest BCUT2D eigenvalue weighted by molar-refractivity contribution is 5.86. The average Bonchev–Trinajstić information content (AvgIpc) is 3.15. The predicted molar refractivity (Wildman–Crippen MR) is 76.9 cm³/mol. The summed E-state index contributed by atoms with van der Waals surface area (Å²) in [5, 5.41) is 13.4. The number of carbonyl (C=O) groups is 1. The van der Waals surface area contributed by atoms with Gasteiger partial charge in [-0.15, -0.1) is 0 Å². The Kier molecular flexibility index (Phi) is 3.14. The van der Waals surface area contributed by atoms with Crippen molar-refractivity contribution in [3.05, 3.63) is 53.4 Å². The molecule has 0 atom stereocenters. The minimum Gasteiger partial charge on any atom is -0.478 e. The second kappa shape index (κ2) is 4.96. The van der Waals surface area contributed by atoms with Gasteiger partial charge in [0.2, 0.25) is 0 Å². The number of benzene rings is 1. The largest absolute Gasteiger partial charge is 0.478 e. The molecule has 1 heterocycles. The van der Waals surface area contributed by atoms with Crippen LogP contribution in [0.1, 0.15) is 35.6 Å². The molecule has 0 saturated heterocycles. The van der Waals surface area contributed by atoms with E-state index in [-0.39, 0.29) is 0 Å². The molecule has 4 heteroatoms. The number of aryl methyl sites for hydroxylation is 1. The molecule has 0 spiro atoms. The molecule has 2 aromatic rings. The molecule has 0 unspecified atom stereocenters. The van der Waals surface area contributed by atoms with E-state index in [2.05, 4.69) is 5.10 Å². The zero-order valence-electron chi connectivity index (χ0n) is 11.3. The van der Waals surface area contributed by atoms with Crippen LogP contribution < -0.4 is 0 Å². The molecule has 0 radical (unpaired) electrons. The molecule has 1 aliphatic rings. The second-order valence-corrected chi connectivity index (χ2v) is 5.19. The van der Waals surface area contributed by atoms with E-state index >= 15 is 0 Å². The fourth-order valence-electron chi connectivity index (χ4n) is 2.25. The molecular formula is C16H16N2O2. The summed E-state index contributed by atoms with van der Waals surface area (Å²) in [5.41, 5.74) is 3.98. The predicted octanol–water partition coefficient (Wildman–Crippen LogP) is 3.16. The van der Waals surface area contributed by atoms with Crippen LogP contribution in [0.2, 0.25) is 0 Å². The Morgan fingerprint density at radius 3 is 2.90 bits per heavy atom. The summed E-state index contributed by atoms with van der Waals surface area (Å²) in [6.07, 6.45) is 7.15. The van der Waals surface area contributed by atoms with E-state index < -0.39 is 5.97 Å². The topological polar surface area (TPSA) is 55.1 Å². The minimum atomic E-state index is -0.948. The van der Waals surface area contributed by atoms with E-state index in [1.807, 2.05) is 42.1 Å². The Labute approximate surface area is 117 Å². The zero-order valence-corrected chi connectivity index (χ0v) is 11.3. The lowest BCUT2D eigenvalue weighted by Crippen LogP contribution is -1.99.